The second-order valence-corrected chi connectivity index (χ2v) is 9.79. The first kappa shape index (κ1) is 24.5. The van der Waals surface area contributed by atoms with Crippen molar-refractivity contribution in [3.63, 3.8) is 0 Å². The number of rotatable bonds is 9. The molecule has 178 valence electrons. The molecule has 0 bridgehead atoms. The third-order valence-electron chi connectivity index (χ3n) is 5.25. The first-order valence-electron chi connectivity index (χ1n) is 10.6. The molecule has 0 spiro atoms. The lowest BCUT2D eigenvalue weighted by atomic mass is 10.1. The molecule has 1 aliphatic heterocycles. The Hall–Kier alpha value is -3.11. The van der Waals surface area contributed by atoms with E-state index < -0.39 is 22.5 Å². The predicted octanol–water partition coefficient (Wildman–Crippen LogP) is 2.32. The lowest BCUT2D eigenvalue weighted by Crippen LogP contribution is -2.38. The van der Waals surface area contributed by atoms with Gasteiger partial charge >= 0.3 is 0 Å². The van der Waals surface area contributed by atoms with Crippen LogP contribution in [0, 0.1) is 6.92 Å². The molecule has 1 aliphatic rings. The number of benzene rings is 2. The van der Waals surface area contributed by atoms with Crippen molar-refractivity contribution in [1.82, 2.24) is 5.32 Å². The van der Waals surface area contributed by atoms with Gasteiger partial charge in [-0.05, 0) is 49.6 Å². The van der Waals surface area contributed by atoms with Gasteiger partial charge in [-0.2, -0.15) is 0 Å². The highest BCUT2D eigenvalue weighted by Gasteiger charge is 2.25. The molecule has 9 nitrogen and oxygen atoms in total. The number of hydrogen-bond acceptors (Lipinski definition) is 6. The first-order valence-corrected chi connectivity index (χ1v) is 12.4. The van der Waals surface area contributed by atoms with E-state index in [0.717, 1.165) is 29.0 Å². The summed E-state index contributed by atoms with van der Waals surface area (Å²) in [5, 5.41) is 5.49. The van der Waals surface area contributed by atoms with Crippen molar-refractivity contribution in [1.29, 1.82) is 0 Å². The van der Waals surface area contributed by atoms with Crippen molar-refractivity contribution in [3.8, 4) is 5.75 Å². The maximum absolute atomic E-state index is 12.9. The number of ether oxygens (including phenoxy) is 2. The Kier molecular flexibility index (Phi) is 7.93. The van der Waals surface area contributed by atoms with Gasteiger partial charge < -0.3 is 20.1 Å². The van der Waals surface area contributed by atoms with Crippen LogP contribution in [-0.4, -0.2) is 59.4 Å². The number of amides is 2. The van der Waals surface area contributed by atoms with Gasteiger partial charge in [-0.3, -0.25) is 13.9 Å². The highest BCUT2D eigenvalue weighted by atomic mass is 32.2. The van der Waals surface area contributed by atoms with Crippen LogP contribution in [0.2, 0.25) is 0 Å². The molecule has 0 unspecified atom stereocenters. The minimum atomic E-state index is -3.80. The minimum absolute atomic E-state index is 0.0108. The van der Waals surface area contributed by atoms with E-state index in [1.807, 2.05) is 6.92 Å². The predicted molar refractivity (Wildman–Crippen MR) is 126 cm³/mol. The van der Waals surface area contributed by atoms with Gasteiger partial charge in [-0.15, -0.1) is 0 Å². The highest BCUT2D eigenvalue weighted by Crippen LogP contribution is 2.31. The third-order valence-corrected chi connectivity index (χ3v) is 6.38. The van der Waals surface area contributed by atoms with Gasteiger partial charge in [-0.1, -0.05) is 18.2 Å². The number of methoxy groups -OCH3 is 1. The van der Waals surface area contributed by atoms with E-state index in [1.165, 1.54) is 7.11 Å². The van der Waals surface area contributed by atoms with Crippen LogP contribution >= 0.6 is 0 Å². The Labute approximate surface area is 194 Å². The van der Waals surface area contributed by atoms with Crippen LogP contribution in [0.5, 0.6) is 5.75 Å². The summed E-state index contributed by atoms with van der Waals surface area (Å²) in [6.45, 7) is 2.41. The van der Waals surface area contributed by atoms with E-state index >= 15 is 0 Å². The molecule has 10 heteroatoms. The lowest BCUT2D eigenvalue weighted by molar-refractivity contribution is -0.114. The van der Waals surface area contributed by atoms with Gasteiger partial charge in [0.05, 0.1) is 36.4 Å². The molecule has 0 saturated carbocycles. The van der Waals surface area contributed by atoms with Crippen LogP contribution in [-0.2, 0) is 19.6 Å². The molecule has 1 atom stereocenters. The first-order chi connectivity index (χ1) is 15.7. The van der Waals surface area contributed by atoms with Gasteiger partial charge in [-0.25, -0.2) is 8.42 Å². The number of sulfonamides is 1. The van der Waals surface area contributed by atoms with Gasteiger partial charge in [0.25, 0.3) is 5.91 Å². The molecule has 2 aromatic rings. The topological polar surface area (TPSA) is 114 Å². The normalized spacial score (nSPS) is 15.7. The quantitative estimate of drug-likeness (QED) is 0.575. The van der Waals surface area contributed by atoms with Crippen LogP contribution in [0.4, 0.5) is 11.4 Å². The molecule has 1 saturated heterocycles. The molecule has 3 rings (SSSR count). The summed E-state index contributed by atoms with van der Waals surface area (Å²) < 4.78 is 36.8. The maximum Gasteiger partial charge on any atom is 0.253 e. The van der Waals surface area contributed by atoms with Gasteiger partial charge in [0.1, 0.15) is 12.3 Å². The fraction of sp³-hybridized carbons (Fsp3) is 0.391. The average Bonchev–Trinajstić information content (AvgIpc) is 3.29. The zero-order valence-electron chi connectivity index (χ0n) is 19.0. The molecule has 2 N–H and O–H groups in total. The number of hydrogen-bond donors (Lipinski definition) is 2. The van der Waals surface area contributed by atoms with Crippen LogP contribution in [0.1, 0.15) is 28.8 Å². The summed E-state index contributed by atoms with van der Waals surface area (Å²) in [7, 11) is -2.37. The fourth-order valence-electron chi connectivity index (χ4n) is 3.59. The maximum atomic E-state index is 12.9. The number of carbonyl (C=O) groups excluding carboxylic acids is 2. The highest BCUT2D eigenvalue weighted by molar-refractivity contribution is 7.92. The van der Waals surface area contributed by atoms with E-state index in [-0.39, 0.29) is 28.9 Å². The van der Waals surface area contributed by atoms with Crippen molar-refractivity contribution in [2.24, 2.45) is 0 Å². The van der Waals surface area contributed by atoms with Crippen molar-refractivity contribution >= 4 is 33.2 Å². The standard InChI is InChI=1S/C23H29N3O6S/c1-16-10-11-21(31-2)20(13-16)26(33(3,29)30)15-22(27)25-19-9-5-4-8-18(19)23(28)24-14-17-7-6-12-32-17/h4-5,8-11,13,17H,6-7,12,14-15H2,1-3H3,(H,24,28)(H,25,27)/t17-/m0/s1. The Bertz CT molecular complexity index is 1110. The molecule has 2 aromatic carbocycles. The molecule has 2 amide bonds. The molecule has 33 heavy (non-hydrogen) atoms. The molecule has 0 radical (unpaired) electrons. The van der Waals surface area contributed by atoms with E-state index in [9.17, 15) is 18.0 Å². The fourth-order valence-corrected chi connectivity index (χ4v) is 4.45. The van der Waals surface area contributed by atoms with Crippen LogP contribution in [0.3, 0.4) is 0 Å². The Morgan fingerprint density at radius 2 is 1.97 bits per heavy atom. The Morgan fingerprint density at radius 3 is 2.64 bits per heavy atom. The molecular weight excluding hydrogens is 446 g/mol. The van der Waals surface area contributed by atoms with Crippen LogP contribution < -0.4 is 19.7 Å². The molecule has 1 fully saturated rings. The number of para-hydroxylation sites is 1. The monoisotopic (exact) mass is 475 g/mol. The molecule has 0 aromatic heterocycles. The van der Waals surface area contributed by atoms with E-state index in [4.69, 9.17) is 9.47 Å². The summed E-state index contributed by atoms with van der Waals surface area (Å²) in [6, 6.07) is 11.6. The van der Waals surface area contributed by atoms with E-state index in [2.05, 4.69) is 10.6 Å². The van der Waals surface area contributed by atoms with Crippen molar-refractivity contribution < 1.29 is 27.5 Å². The molecular formula is C23H29N3O6S. The van der Waals surface area contributed by atoms with E-state index in [1.54, 1.807) is 42.5 Å². The number of aryl methyl sites for hydroxylation is 1. The smallest absolute Gasteiger partial charge is 0.253 e. The second-order valence-electron chi connectivity index (χ2n) is 7.88. The summed E-state index contributed by atoms with van der Waals surface area (Å²) in [5.41, 5.74) is 1.64. The Balaban J connectivity index is 1.76. The largest absolute Gasteiger partial charge is 0.495 e. The van der Waals surface area contributed by atoms with E-state index in [0.29, 0.717) is 18.9 Å². The average molecular weight is 476 g/mol. The Morgan fingerprint density at radius 1 is 1.21 bits per heavy atom. The number of nitrogens with one attached hydrogen (secondary N) is 2. The third kappa shape index (κ3) is 6.45. The molecule has 1 heterocycles. The van der Waals surface area contributed by atoms with Gasteiger partial charge in [0.2, 0.25) is 15.9 Å². The summed E-state index contributed by atoms with van der Waals surface area (Å²) >= 11 is 0. The molecule has 0 aliphatic carbocycles. The SMILES string of the molecule is COc1ccc(C)cc1N(CC(=O)Nc1ccccc1C(=O)NC[C@@H]1CCCO1)S(C)(=O)=O. The summed E-state index contributed by atoms with van der Waals surface area (Å²) in [5.74, 6) is -0.613. The zero-order valence-corrected chi connectivity index (χ0v) is 19.8. The summed E-state index contributed by atoms with van der Waals surface area (Å²) in [4.78, 5) is 25.5. The second kappa shape index (κ2) is 10.7. The van der Waals surface area contributed by atoms with Crippen LogP contribution in [0.25, 0.3) is 0 Å². The van der Waals surface area contributed by atoms with Crippen LogP contribution in [0.15, 0.2) is 42.5 Å². The zero-order chi connectivity index (χ0) is 24.0. The van der Waals surface area contributed by atoms with Gasteiger partial charge in [0, 0.05) is 13.2 Å². The summed E-state index contributed by atoms with van der Waals surface area (Å²) in [6.07, 6.45) is 2.87. The van der Waals surface area contributed by atoms with Crippen molar-refractivity contribution in [2.75, 3.05) is 42.7 Å². The number of carbonyl (C=O) groups is 2. The lowest BCUT2D eigenvalue weighted by Gasteiger charge is -2.24. The van der Waals surface area contributed by atoms with Gasteiger partial charge in [0.15, 0.2) is 0 Å². The minimum Gasteiger partial charge on any atom is -0.495 e. The number of nitrogens with zero attached hydrogens (tertiary/aromatic N) is 1. The van der Waals surface area contributed by atoms with Crippen molar-refractivity contribution in [3.05, 3.63) is 53.6 Å². The van der Waals surface area contributed by atoms with Crippen molar-refractivity contribution in [2.45, 2.75) is 25.9 Å². The number of anilines is 2.